The number of carbonyl (C=O) groups excluding carboxylic acids is 3. The fourth-order valence-corrected chi connectivity index (χ4v) is 5.16. The topological polar surface area (TPSA) is 99.3 Å². The van der Waals surface area contributed by atoms with E-state index in [4.69, 9.17) is 0 Å². The van der Waals surface area contributed by atoms with Crippen molar-refractivity contribution in [1.82, 2.24) is 21.3 Å². The summed E-state index contributed by atoms with van der Waals surface area (Å²) in [6, 6.07) is 0.482. The highest BCUT2D eigenvalue weighted by Gasteiger charge is 2.42. The highest BCUT2D eigenvalue weighted by atomic mass is 32.2. The van der Waals surface area contributed by atoms with Gasteiger partial charge in [0.05, 0.1) is 12.1 Å². The van der Waals surface area contributed by atoms with Gasteiger partial charge in [0.1, 0.15) is 0 Å². The Bertz CT molecular complexity index is 556. The molecule has 3 atom stereocenters. The first-order chi connectivity index (χ1) is 13.6. The highest BCUT2D eigenvalue weighted by Crippen LogP contribution is 2.33. The molecule has 0 bridgehead atoms. The van der Waals surface area contributed by atoms with Crippen LogP contribution >= 0.6 is 11.8 Å². The number of hydrogen-bond donors (Lipinski definition) is 4. The highest BCUT2D eigenvalue weighted by molar-refractivity contribution is 8.00. The molecule has 0 aromatic heterocycles. The Kier molecular flexibility index (Phi) is 10.2. The summed E-state index contributed by atoms with van der Waals surface area (Å²) >= 11 is 1.92. The lowest BCUT2D eigenvalue weighted by Crippen LogP contribution is -2.36. The van der Waals surface area contributed by atoms with Gasteiger partial charge in [0.15, 0.2) is 0 Å². The van der Waals surface area contributed by atoms with E-state index in [0.717, 1.165) is 57.2 Å². The van der Waals surface area contributed by atoms with E-state index in [1.165, 1.54) is 6.08 Å². The summed E-state index contributed by atoms with van der Waals surface area (Å²) in [5.74, 6) is 1.08. The molecular weight excluding hydrogens is 376 g/mol. The number of carbonyl (C=O) groups is 3. The summed E-state index contributed by atoms with van der Waals surface area (Å²) in [6.45, 7) is 3.26. The van der Waals surface area contributed by atoms with Gasteiger partial charge in [-0.25, -0.2) is 4.79 Å². The van der Waals surface area contributed by atoms with Crippen molar-refractivity contribution < 1.29 is 14.4 Å². The zero-order valence-corrected chi connectivity index (χ0v) is 17.6. The third-order valence-corrected chi connectivity index (χ3v) is 6.63. The second-order valence-electron chi connectivity index (χ2n) is 7.42. The molecule has 2 rings (SSSR count). The maximum absolute atomic E-state index is 11.9. The van der Waals surface area contributed by atoms with E-state index in [-0.39, 0.29) is 29.9 Å². The summed E-state index contributed by atoms with van der Waals surface area (Å²) < 4.78 is 0. The molecule has 2 saturated heterocycles. The molecule has 2 heterocycles. The van der Waals surface area contributed by atoms with Gasteiger partial charge in [-0.05, 0) is 38.7 Å². The molecule has 2 aliphatic heterocycles. The van der Waals surface area contributed by atoms with Crippen molar-refractivity contribution in [3.8, 4) is 0 Å². The molecule has 2 aliphatic rings. The molecule has 8 heteroatoms. The summed E-state index contributed by atoms with van der Waals surface area (Å²) in [5, 5.41) is 12.3. The third kappa shape index (κ3) is 8.12. The number of rotatable bonds is 13. The van der Waals surface area contributed by atoms with Gasteiger partial charge in [-0.3, -0.25) is 9.59 Å². The zero-order chi connectivity index (χ0) is 20.2. The number of nitrogens with one attached hydrogen (secondary N) is 4. The average molecular weight is 411 g/mol. The Hall–Kier alpha value is -1.70. The minimum Gasteiger partial charge on any atom is -0.356 e. The van der Waals surface area contributed by atoms with Crippen molar-refractivity contribution in [1.29, 1.82) is 0 Å². The number of hydrogen-bond acceptors (Lipinski definition) is 4. The minimum absolute atomic E-state index is 0.0363. The van der Waals surface area contributed by atoms with E-state index >= 15 is 0 Å². The zero-order valence-electron chi connectivity index (χ0n) is 16.8. The second kappa shape index (κ2) is 12.7. The van der Waals surface area contributed by atoms with Crippen LogP contribution in [0.15, 0.2) is 12.2 Å². The maximum Gasteiger partial charge on any atom is 0.315 e. The van der Waals surface area contributed by atoms with Gasteiger partial charge in [0.2, 0.25) is 11.8 Å². The van der Waals surface area contributed by atoms with Crippen LogP contribution < -0.4 is 21.3 Å². The Labute approximate surface area is 172 Å². The molecule has 0 aliphatic carbocycles. The monoisotopic (exact) mass is 410 g/mol. The van der Waals surface area contributed by atoms with Crippen molar-refractivity contribution in [2.45, 2.75) is 75.6 Å². The van der Waals surface area contributed by atoms with Crippen molar-refractivity contribution in [3.05, 3.63) is 12.2 Å². The van der Waals surface area contributed by atoms with Crippen LogP contribution in [0.1, 0.15) is 58.3 Å². The van der Waals surface area contributed by atoms with Crippen LogP contribution in [0.2, 0.25) is 0 Å². The molecule has 0 saturated carbocycles. The van der Waals surface area contributed by atoms with E-state index < -0.39 is 0 Å². The van der Waals surface area contributed by atoms with Crippen LogP contribution in [0.4, 0.5) is 4.79 Å². The lowest BCUT2D eigenvalue weighted by atomic mass is 10.0. The van der Waals surface area contributed by atoms with Gasteiger partial charge in [0, 0.05) is 30.5 Å². The lowest BCUT2D eigenvalue weighted by molar-refractivity contribution is -0.121. The van der Waals surface area contributed by atoms with Crippen LogP contribution in [0.3, 0.4) is 0 Å². The fraction of sp³-hybridized carbons (Fsp3) is 0.750. The van der Waals surface area contributed by atoms with Gasteiger partial charge in [-0.1, -0.05) is 25.3 Å². The van der Waals surface area contributed by atoms with Gasteiger partial charge < -0.3 is 21.3 Å². The molecule has 0 radical (unpaired) electrons. The van der Waals surface area contributed by atoms with Gasteiger partial charge in [0.25, 0.3) is 0 Å². The number of unbranched alkanes of at least 4 members (excludes halogenated alkanes) is 4. The van der Waals surface area contributed by atoms with E-state index in [1.807, 2.05) is 18.7 Å². The van der Waals surface area contributed by atoms with Crippen LogP contribution in [0, 0.1) is 0 Å². The molecular formula is C20H34N4O3S. The number of allylic oxidation sites excluding steroid dienone is 1. The lowest BCUT2D eigenvalue weighted by Gasteiger charge is -2.16. The van der Waals surface area contributed by atoms with Crippen LogP contribution in [0.25, 0.3) is 0 Å². The summed E-state index contributed by atoms with van der Waals surface area (Å²) in [6.07, 6.45) is 10.8. The number of thioether (sulfide) groups is 1. The molecule has 2 fully saturated rings. The third-order valence-electron chi connectivity index (χ3n) is 5.12. The van der Waals surface area contributed by atoms with Crippen molar-refractivity contribution in [3.63, 3.8) is 0 Å². The molecule has 0 aromatic carbocycles. The average Bonchev–Trinajstić information content (AvgIpc) is 3.20. The molecule has 4 N–H and O–H groups in total. The first-order valence-corrected chi connectivity index (χ1v) is 11.5. The minimum atomic E-state index is -0.0434. The Morgan fingerprint density at radius 3 is 2.57 bits per heavy atom. The van der Waals surface area contributed by atoms with Crippen molar-refractivity contribution >= 4 is 29.6 Å². The summed E-state index contributed by atoms with van der Waals surface area (Å²) in [7, 11) is 0. The van der Waals surface area contributed by atoms with Crippen molar-refractivity contribution in [2.24, 2.45) is 0 Å². The first-order valence-electron chi connectivity index (χ1n) is 10.5. The van der Waals surface area contributed by atoms with E-state index in [2.05, 4.69) is 21.3 Å². The SMILES string of the molecule is C/C=C/C(=O)NCCCCCCNC(=O)CCCCC1SCC2NC(=O)NC21. The Morgan fingerprint density at radius 1 is 1.07 bits per heavy atom. The Morgan fingerprint density at radius 2 is 1.82 bits per heavy atom. The van der Waals surface area contributed by atoms with E-state index in [0.29, 0.717) is 18.2 Å². The molecule has 3 unspecified atom stereocenters. The van der Waals surface area contributed by atoms with E-state index in [1.54, 1.807) is 6.08 Å². The summed E-state index contributed by atoms with van der Waals surface area (Å²) in [5.41, 5.74) is 0. The normalized spacial score (nSPS) is 23.3. The predicted octanol–water partition coefficient (Wildman–Crippen LogP) is 2.08. The second-order valence-corrected chi connectivity index (χ2v) is 8.70. The molecule has 0 spiro atoms. The standard InChI is InChI=1S/C20H34N4O3S/c1-2-9-17(25)21-12-7-3-4-8-13-22-18(26)11-6-5-10-16-19-15(14-28-16)23-20(27)24-19/h2,9,15-16,19H,3-8,10-14H2,1H3,(H,21,25)(H,22,26)(H2,23,24,27)/b9-2+. The maximum atomic E-state index is 11.9. The van der Waals surface area contributed by atoms with E-state index in [9.17, 15) is 14.4 Å². The van der Waals surface area contributed by atoms with Crippen LogP contribution in [-0.2, 0) is 9.59 Å². The summed E-state index contributed by atoms with van der Waals surface area (Å²) in [4.78, 5) is 34.5. The van der Waals surface area contributed by atoms with Gasteiger partial charge in [-0.2, -0.15) is 11.8 Å². The first kappa shape index (κ1) is 22.6. The molecule has 28 heavy (non-hydrogen) atoms. The number of urea groups is 1. The molecule has 4 amide bonds. The molecule has 0 aromatic rings. The van der Waals surface area contributed by atoms with Crippen LogP contribution in [0.5, 0.6) is 0 Å². The number of amides is 4. The van der Waals surface area contributed by atoms with Crippen LogP contribution in [-0.4, -0.2) is 54.0 Å². The number of fused-ring (bicyclic) bond motifs is 1. The smallest absolute Gasteiger partial charge is 0.315 e. The predicted molar refractivity (Wildman–Crippen MR) is 113 cm³/mol. The molecule has 7 nitrogen and oxygen atoms in total. The van der Waals surface area contributed by atoms with Gasteiger partial charge in [-0.15, -0.1) is 0 Å². The quantitative estimate of drug-likeness (QED) is 0.212. The largest absolute Gasteiger partial charge is 0.356 e. The Balaban J connectivity index is 1.38. The molecule has 158 valence electrons. The van der Waals surface area contributed by atoms with Crippen molar-refractivity contribution in [2.75, 3.05) is 18.8 Å². The van der Waals surface area contributed by atoms with Gasteiger partial charge >= 0.3 is 6.03 Å². The fourth-order valence-electron chi connectivity index (χ4n) is 3.62.